The first kappa shape index (κ1) is 15.5. The van der Waals surface area contributed by atoms with Crippen molar-refractivity contribution in [2.24, 2.45) is 0 Å². The van der Waals surface area contributed by atoms with E-state index in [1.807, 2.05) is 13.0 Å². The molecular weight excluding hydrogens is 288 g/mol. The smallest absolute Gasteiger partial charge is 0.349 e. The van der Waals surface area contributed by atoms with Crippen LogP contribution >= 0.6 is 11.3 Å². The maximum atomic E-state index is 11.9. The molecule has 0 aliphatic heterocycles. The molecular formula is C15H18N2O3S. The van der Waals surface area contributed by atoms with Gasteiger partial charge in [0.05, 0.1) is 6.07 Å². The van der Waals surface area contributed by atoms with Crippen molar-refractivity contribution < 1.29 is 14.3 Å². The first-order chi connectivity index (χ1) is 10.1. The number of thiophene rings is 1. The third-order valence-electron chi connectivity index (χ3n) is 3.68. The Morgan fingerprint density at radius 3 is 2.71 bits per heavy atom. The number of amides is 1. The van der Waals surface area contributed by atoms with Crippen LogP contribution in [0.1, 0.15) is 47.3 Å². The van der Waals surface area contributed by atoms with Crippen LogP contribution in [0.2, 0.25) is 0 Å². The van der Waals surface area contributed by atoms with Crippen molar-refractivity contribution >= 4 is 23.2 Å². The van der Waals surface area contributed by atoms with Crippen LogP contribution in [0.4, 0.5) is 0 Å². The zero-order chi connectivity index (χ0) is 15.3. The Balaban J connectivity index is 1.86. The molecule has 0 atom stereocenters. The normalized spacial score (nSPS) is 16.8. The second-order valence-electron chi connectivity index (χ2n) is 5.31. The fourth-order valence-corrected chi connectivity index (χ4v) is 3.32. The molecule has 21 heavy (non-hydrogen) atoms. The molecule has 1 aromatic heterocycles. The molecule has 1 heterocycles. The van der Waals surface area contributed by atoms with Crippen LogP contribution in [0, 0.1) is 18.3 Å². The van der Waals surface area contributed by atoms with Gasteiger partial charge in [-0.05, 0) is 36.8 Å². The van der Waals surface area contributed by atoms with Gasteiger partial charge in [-0.15, -0.1) is 11.3 Å². The highest BCUT2D eigenvalue weighted by Crippen LogP contribution is 2.27. The first-order valence-corrected chi connectivity index (χ1v) is 7.88. The zero-order valence-corrected chi connectivity index (χ0v) is 12.8. The van der Waals surface area contributed by atoms with Crippen LogP contribution < -0.4 is 5.32 Å². The monoisotopic (exact) mass is 306 g/mol. The van der Waals surface area contributed by atoms with Crippen molar-refractivity contribution in [1.29, 1.82) is 5.26 Å². The average molecular weight is 306 g/mol. The van der Waals surface area contributed by atoms with Crippen molar-refractivity contribution in [3.05, 3.63) is 21.9 Å². The predicted octanol–water partition coefficient (Wildman–Crippen LogP) is 2.56. The third-order valence-corrected chi connectivity index (χ3v) is 4.68. The second-order valence-corrected chi connectivity index (χ2v) is 6.23. The Morgan fingerprint density at radius 1 is 1.43 bits per heavy atom. The van der Waals surface area contributed by atoms with Crippen molar-refractivity contribution in [1.82, 2.24) is 5.32 Å². The number of rotatable bonds is 4. The fraction of sp³-hybridized carbons (Fsp3) is 0.533. The van der Waals surface area contributed by atoms with E-state index in [0.717, 1.165) is 24.8 Å². The minimum atomic E-state index is -0.791. The van der Waals surface area contributed by atoms with Crippen LogP contribution in [0.3, 0.4) is 0 Å². The lowest BCUT2D eigenvalue weighted by Crippen LogP contribution is -2.50. The van der Waals surface area contributed by atoms with E-state index in [9.17, 15) is 14.9 Å². The zero-order valence-electron chi connectivity index (χ0n) is 12.0. The van der Waals surface area contributed by atoms with E-state index in [2.05, 4.69) is 11.4 Å². The number of nitrogens with one attached hydrogen (secondary N) is 1. The minimum Gasteiger partial charge on any atom is -0.451 e. The van der Waals surface area contributed by atoms with Gasteiger partial charge in [0, 0.05) is 0 Å². The SMILES string of the molecule is Cc1ccsc1C(=O)OCC(=O)NC1(C#N)CCCCC1. The molecule has 0 aromatic carbocycles. The molecule has 1 amide bonds. The van der Waals surface area contributed by atoms with Crippen molar-refractivity contribution in [3.63, 3.8) is 0 Å². The Morgan fingerprint density at radius 2 is 2.14 bits per heavy atom. The molecule has 1 aliphatic rings. The summed E-state index contributed by atoms with van der Waals surface area (Å²) in [6.45, 7) is 1.47. The van der Waals surface area contributed by atoms with E-state index in [4.69, 9.17) is 4.74 Å². The van der Waals surface area contributed by atoms with Gasteiger partial charge in [-0.1, -0.05) is 19.3 Å². The van der Waals surface area contributed by atoms with Gasteiger partial charge in [0.25, 0.3) is 5.91 Å². The van der Waals surface area contributed by atoms with Crippen molar-refractivity contribution in [2.45, 2.75) is 44.6 Å². The van der Waals surface area contributed by atoms with E-state index in [1.54, 1.807) is 5.38 Å². The summed E-state index contributed by atoms with van der Waals surface area (Å²) in [5, 5.41) is 13.8. The van der Waals surface area contributed by atoms with E-state index in [0.29, 0.717) is 17.7 Å². The first-order valence-electron chi connectivity index (χ1n) is 7.00. The van der Waals surface area contributed by atoms with Crippen LogP contribution in [-0.4, -0.2) is 24.0 Å². The van der Waals surface area contributed by atoms with Crippen LogP contribution in [-0.2, 0) is 9.53 Å². The highest BCUT2D eigenvalue weighted by atomic mass is 32.1. The average Bonchev–Trinajstić information content (AvgIpc) is 2.92. The van der Waals surface area contributed by atoms with Crippen LogP contribution in [0.25, 0.3) is 0 Å². The Labute approximate surface area is 127 Å². The number of carbonyl (C=O) groups is 2. The lowest BCUT2D eigenvalue weighted by molar-refractivity contribution is -0.125. The summed E-state index contributed by atoms with van der Waals surface area (Å²) in [5.74, 6) is -0.909. The molecule has 0 spiro atoms. The maximum Gasteiger partial charge on any atom is 0.349 e. The molecule has 1 aliphatic carbocycles. The standard InChI is InChI=1S/C15H18N2O3S/c1-11-5-8-21-13(11)14(19)20-9-12(18)17-15(10-16)6-3-2-4-7-15/h5,8H,2-4,6-7,9H2,1H3,(H,17,18). The van der Waals surface area contributed by atoms with Gasteiger partial charge in [0.15, 0.2) is 6.61 Å². The highest BCUT2D eigenvalue weighted by Gasteiger charge is 2.33. The summed E-state index contributed by atoms with van der Waals surface area (Å²) in [6, 6.07) is 4.03. The molecule has 1 aromatic rings. The number of hydrogen-bond donors (Lipinski definition) is 1. The Bertz CT molecular complexity index is 568. The third kappa shape index (κ3) is 3.82. The minimum absolute atomic E-state index is 0.348. The van der Waals surface area contributed by atoms with Gasteiger partial charge in [0.2, 0.25) is 0 Å². The number of esters is 1. The molecule has 0 unspecified atom stereocenters. The van der Waals surface area contributed by atoms with Gasteiger partial charge in [-0.3, -0.25) is 4.79 Å². The molecule has 0 saturated heterocycles. The summed E-state index contributed by atoms with van der Waals surface area (Å²) in [4.78, 5) is 24.2. The molecule has 6 heteroatoms. The van der Waals surface area contributed by atoms with Gasteiger partial charge in [0.1, 0.15) is 10.4 Å². The molecule has 1 saturated carbocycles. The summed E-state index contributed by atoms with van der Waals surface area (Å²) in [7, 11) is 0. The fourth-order valence-electron chi connectivity index (χ4n) is 2.50. The second kappa shape index (κ2) is 6.72. The van der Waals surface area contributed by atoms with Gasteiger partial charge in [-0.25, -0.2) is 4.79 Å². The van der Waals surface area contributed by atoms with Crippen LogP contribution in [0.15, 0.2) is 11.4 Å². The predicted molar refractivity (Wildman–Crippen MR) is 78.9 cm³/mol. The number of nitriles is 1. The van der Waals surface area contributed by atoms with Gasteiger partial charge in [-0.2, -0.15) is 5.26 Å². The van der Waals surface area contributed by atoms with E-state index in [1.165, 1.54) is 11.3 Å². The largest absolute Gasteiger partial charge is 0.451 e. The quantitative estimate of drug-likeness (QED) is 0.867. The van der Waals surface area contributed by atoms with Gasteiger partial charge >= 0.3 is 5.97 Å². The molecule has 0 radical (unpaired) electrons. The molecule has 5 nitrogen and oxygen atoms in total. The van der Waals surface area contributed by atoms with E-state index in [-0.39, 0.29) is 6.61 Å². The number of carbonyl (C=O) groups excluding carboxylic acids is 2. The number of aryl methyl sites for hydroxylation is 1. The Hall–Kier alpha value is -1.87. The molecule has 1 N–H and O–H groups in total. The topological polar surface area (TPSA) is 79.2 Å². The summed E-state index contributed by atoms with van der Waals surface area (Å²) < 4.78 is 5.01. The van der Waals surface area contributed by atoms with Crippen molar-refractivity contribution in [3.8, 4) is 6.07 Å². The van der Waals surface area contributed by atoms with Gasteiger partial charge < -0.3 is 10.1 Å². The molecule has 2 rings (SSSR count). The lowest BCUT2D eigenvalue weighted by atomic mass is 9.83. The van der Waals surface area contributed by atoms with E-state index >= 15 is 0 Å². The molecule has 112 valence electrons. The van der Waals surface area contributed by atoms with E-state index < -0.39 is 17.4 Å². The van der Waals surface area contributed by atoms with Crippen molar-refractivity contribution in [2.75, 3.05) is 6.61 Å². The highest BCUT2D eigenvalue weighted by molar-refractivity contribution is 7.12. The molecule has 0 bridgehead atoms. The lowest BCUT2D eigenvalue weighted by Gasteiger charge is -2.31. The Kier molecular flexibility index (Phi) is 4.97. The summed E-state index contributed by atoms with van der Waals surface area (Å²) >= 11 is 1.29. The van der Waals surface area contributed by atoms with Crippen LogP contribution in [0.5, 0.6) is 0 Å². The number of nitrogens with zero attached hydrogens (tertiary/aromatic N) is 1. The number of hydrogen-bond acceptors (Lipinski definition) is 5. The molecule has 1 fully saturated rings. The maximum absolute atomic E-state index is 11.9. The number of ether oxygens (including phenoxy) is 1. The summed E-state index contributed by atoms with van der Waals surface area (Å²) in [6.07, 6.45) is 4.27. The summed E-state index contributed by atoms with van der Waals surface area (Å²) in [5.41, 5.74) is 0.0480.